The Morgan fingerprint density at radius 2 is 1.83 bits per heavy atom. The first-order chi connectivity index (χ1) is 17.2. The highest BCUT2D eigenvalue weighted by Crippen LogP contribution is 2.19. The Morgan fingerprint density at radius 3 is 2.50 bits per heavy atom. The van der Waals surface area contributed by atoms with Gasteiger partial charge in [-0.05, 0) is 24.1 Å². The van der Waals surface area contributed by atoms with Gasteiger partial charge in [-0.2, -0.15) is 5.10 Å². The highest BCUT2D eigenvalue weighted by molar-refractivity contribution is 6.05. The van der Waals surface area contributed by atoms with Crippen LogP contribution in [0, 0.1) is 5.92 Å². The summed E-state index contributed by atoms with van der Waals surface area (Å²) >= 11 is 0. The van der Waals surface area contributed by atoms with Crippen LogP contribution < -0.4 is 32.2 Å². The molecule has 3 aromatic rings. The quantitative estimate of drug-likeness (QED) is 0.392. The highest BCUT2D eigenvalue weighted by atomic mass is 16.5. The number of aromatic nitrogens is 4. The van der Waals surface area contributed by atoms with Crippen LogP contribution in [0.3, 0.4) is 0 Å². The number of carbonyl (C=O) groups is 1. The van der Waals surface area contributed by atoms with Crippen LogP contribution in [0.1, 0.15) is 24.3 Å². The molecule has 2 aromatic heterocycles. The number of para-hydroxylation sites is 1. The predicted octanol–water partition coefficient (Wildman–Crippen LogP) is 0.704. The van der Waals surface area contributed by atoms with Crippen molar-refractivity contribution in [3.8, 4) is 5.75 Å². The summed E-state index contributed by atoms with van der Waals surface area (Å²) in [6.07, 6.45) is 0. The van der Waals surface area contributed by atoms with E-state index >= 15 is 0 Å². The molecule has 0 saturated carbocycles. The number of carbonyl (C=O) groups excluding carboxylic acids is 1. The van der Waals surface area contributed by atoms with Gasteiger partial charge < -0.3 is 15.2 Å². The molecule has 1 aromatic carbocycles. The standard InChI is InChI=1S/C24H30N6O6/c1-16(2)15-29-21(25)20(22(32)26-24(29)34)28(11-13-35-3)23(33)18-9-10-19(31)30(27-18)12-14-36-17-7-5-4-6-8-17/h4-10,16H,11-15,25H2,1-3H3,(H,26,32,34). The molecule has 0 radical (unpaired) electrons. The number of amides is 1. The number of nitrogens with zero attached hydrogens (tertiary/aromatic N) is 4. The van der Waals surface area contributed by atoms with Crippen LogP contribution in [0.15, 0.2) is 56.8 Å². The van der Waals surface area contributed by atoms with Crippen molar-refractivity contribution >= 4 is 17.4 Å². The molecule has 2 heterocycles. The van der Waals surface area contributed by atoms with Gasteiger partial charge in [-0.3, -0.25) is 28.8 Å². The maximum Gasteiger partial charge on any atom is 0.330 e. The molecule has 0 fully saturated rings. The van der Waals surface area contributed by atoms with Crippen LogP contribution in [0.5, 0.6) is 5.75 Å². The maximum absolute atomic E-state index is 13.5. The minimum Gasteiger partial charge on any atom is -0.492 e. The van der Waals surface area contributed by atoms with Gasteiger partial charge in [0.25, 0.3) is 17.0 Å². The molecule has 12 heteroatoms. The van der Waals surface area contributed by atoms with Gasteiger partial charge in [0, 0.05) is 26.3 Å². The normalized spacial score (nSPS) is 11.0. The summed E-state index contributed by atoms with van der Waals surface area (Å²) in [6.45, 7) is 4.30. The third-order valence-corrected chi connectivity index (χ3v) is 5.20. The fourth-order valence-electron chi connectivity index (χ4n) is 3.51. The lowest BCUT2D eigenvalue weighted by atomic mass is 10.2. The molecule has 0 atom stereocenters. The molecule has 0 bridgehead atoms. The summed E-state index contributed by atoms with van der Waals surface area (Å²) in [6, 6.07) is 11.6. The van der Waals surface area contributed by atoms with Crippen LogP contribution in [-0.4, -0.2) is 52.1 Å². The summed E-state index contributed by atoms with van der Waals surface area (Å²) in [4.78, 5) is 54.3. The van der Waals surface area contributed by atoms with Gasteiger partial charge in [0.2, 0.25) is 0 Å². The number of ether oxygens (including phenoxy) is 2. The number of H-pyrrole nitrogens is 1. The number of hydrogen-bond acceptors (Lipinski definition) is 8. The Bertz CT molecular complexity index is 1360. The van der Waals surface area contributed by atoms with Gasteiger partial charge in [0.05, 0.1) is 13.2 Å². The molecule has 0 aliphatic carbocycles. The summed E-state index contributed by atoms with van der Waals surface area (Å²) in [5, 5.41) is 4.18. The van der Waals surface area contributed by atoms with Gasteiger partial charge >= 0.3 is 5.69 Å². The lowest BCUT2D eigenvalue weighted by Crippen LogP contribution is -2.43. The van der Waals surface area contributed by atoms with E-state index in [1.165, 1.54) is 23.8 Å². The molecule has 3 N–H and O–H groups in total. The van der Waals surface area contributed by atoms with Gasteiger partial charge in [-0.15, -0.1) is 0 Å². The minimum atomic E-state index is -0.813. The van der Waals surface area contributed by atoms with E-state index in [4.69, 9.17) is 15.2 Å². The third kappa shape index (κ3) is 6.27. The fourth-order valence-corrected chi connectivity index (χ4v) is 3.51. The van der Waals surface area contributed by atoms with E-state index in [1.807, 2.05) is 32.0 Å². The number of methoxy groups -OCH3 is 1. The first kappa shape index (κ1) is 26.4. The summed E-state index contributed by atoms with van der Waals surface area (Å²) < 4.78 is 13.0. The summed E-state index contributed by atoms with van der Waals surface area (Å²) in [5.41, 5.74) is 4.03. The Labute approximate surface area is 206 Å². The Kier molecular flexibility index (Phi) is 8.79. The van der Waals surface area contributed by atoms with E-state index in [2.05, 4.69) is 10.1 Å². The van der Waals surface area contributed by atoms with Crippen LogP contribution >= 0.6 is 0 Å². The van der Waals surface area contributed by atoms with Gasteiger partial charge in [-0.25, -0.2) is 9.48 Å². The number of benzene rings is 1. The molecule has 12 nitrogen and oxygen atoms in total. The molecule has 1 amide bonds. The van der Waals surface area contributed by atoms with E-state index in [0.717, 1.165) is 9.58 Å². The largest absolute Gasteiger partial charge is 0.492 e. The topological polar surface area (TPSA) is 155 Å². The van der Waals surface area contributed by atoms with E-state index in [-0.39, 0.29) is 56.0 Å². The molecule has 3 rings (SSSR count). The minimum absolute atomic E-state index is 0.0412. The zero-order chi connectivity index (χ0) is 26.2. The first-order valence-corrected chi connectivity index (χ1v) is 11.4. The second kappa shape index (κ2) is 12.0. The van der Waals surface area contributed by atoms with Crippen molar-refractivity contribution in [2.75, 3.05) is 37.5 Å². The highest BCUT2D eigenvalue weighted by Gasteiger charge is 2.26. The second-order valence-corrected chi connectivity index (χ2v) is 8.39. The predicted molar refractivity (Wildman–Crippen MR) is 135 cm³/mol. The number of rotatable bonds is 11. The number of nitrogen functional groups attached to an aromatic ring is 1. The average Bonchev–Trinajstić information content (AvgIpc) is 2.85. The van der Waals surface area contributed by atoms with Crippen LogP contribution in [0.25, 0.3) is 0 Å². The lowest BCUT2D eigenvalue weighted by molar-refractivity contribution is 0.0967. The van der Waals surface area contributed by atoms with E-state index in [1.54, 1.807) is 12.1 Å². The molecule has 0 saturated heterocycles. The molecular formula is C24H30N6O6. The van der Waals surface area contributed by atoms with Gasteiger partial charge in [-0.1, -0.05) is 32.0 Å². The molecule has 0 aliphatic heterocycles. The second-order valence-electron chi connectivity index (χ2n) is 8.39. The van der Waals surface area contributed by atoms with Crippen molar-refractivity contribution < 1.29 is 14.3 Å². The third-order valence-electron chi connectivity index (χ3n) is 5.20. The van der Waals surface area contributed by atoms with Crippen LogP contribution in [0.4, 0.5) is 11.5 Å². The molecule has 192 valence electrons. The van der Waals surface area contributed by atoms with Crippen molar-refractivity contribution in [1.29, 1.82) is 0 Å². The number of nitrogens with one attached hydrogen (secondary N) is 1. The van der Waals surface area contributed by atoms with Crippen molar-refractivity contribution in [2.45, 2.75) is 26.9 Å². The van der Waals surface area contributed by atoms with E-state index in [9.17, 15) is 19.2 Å². The summed E-state index contributed by atoms with van der Waals surface area (Å²) in [5.74, 6) is -0.145. The fraction of sp³-hybridized carbons (Fsp3) is 0.375. The van der Waals surface area contributed by atoms with Crippen molar-refractivity contribution in [2.24, 2.45) is 5.92 Å². The van der Waals surface area contributed by atoms with Crippen LogP contribution in [0.2, 0.25) is 0 Å². The zero-order valence-corrected chi connectivity index (χ0v) is 20.5. The van der Waals surface area contributed by atoms with Crippen molar-refractivity contribution in [3.63, 3.8) is 0 Å². The summed E-state index contributed by atoms with van der Waals surface area (Å²) in [7, 11) is 1.45. The van der Waals surface area contributed by atoms with E-state index in [0.29, 0.717) is 5.75 Å². The molecule has 0 aliphatic rings. The van der Waals surface area contributed by atoms with Crippen molar-refractivity contribution in [3.05, 3.63) is 79.4 Å². The Hall–Kier alpha value is -4.19. The van der Waals surface area contributed by atoms with Gasteiger partial charge in [0.15, 0.2) is 5.69 Å². The number of aromatic amines is 1. The number of anilines is 2. The molecule has 0 spiro atoms. The smallest absolute Gasteiger partial charge is 0.330 e. The maximum atomic E-state index is 13.5. The molecule has 0 unspecified atom stereocenters. The van der Waals surface area contributed by atoms with Crippen LogP contribution in [-0.2, 0) is 17.8 Å². The molecule has 36 heavy (non-hydrogen) atoms. The zero-order valence-electron chi connectivity index (χ0n) is 20.5. The number of nitrogens with two attached hydrogens (primary N) is 1. The first-order valence-electron chi connectivity index (χ1n) is 11.4. The average molecular weight is 499 g/mol. The Balaban J connectivity index is 1.94. The number of hydrogen-bond donors (Lipinski definition) is 2. The SMILES string of the molecule is COCCN(C(=O)c1ccc(=O)n(CCOc2ccccc2)n1)c1c(N)n(CC(C)C)c(=O)[nH]c1=O. The monoisotopic (exact) mass is 498 g/mol. The van der Waals surface area contributed by atoms with E-state index < -0.39 is 22.7 Å². The molecular weight excluding hydrogens is 468 g/mol. The van der Waals surface area contributed by atoms with Gasteiger partial charge in [0.1, 0.15) is 23.9 Å². The van der Waals surface area contributed by atoms with Crippen molar-refractivity contribution in [1.82, 2.24) is 19.3 Å². The Morgan fingerprint density at radius 1 is 1.11 bits per heavy atom. The lowest BCUT2D eigenvalue weighted by Gasteiger charge is -2.24.